The zero-order valence-corrected chi connectivity index (χ0v) is 15.4. The van der Waals surface area contributed by atoms with Crippen molar-refractivity contribution in [3.05, 3.63) is 70.9 Å². The molecule has 26 heavy (non-hydrogen) atoms. The van der Waals surface area contributed by atoms with Crippen molar-refractivity contribution in [1.82, 2.24) is 15.5 Å². The molecule has 0 fully saturated rings. The Morgan fingerprint density at radius 1 is 1.27 bits per heavy atom. The number of ether oxygens (including phenoxy) is 1. The standard InChI is InChI=1S/C20H20ClN3O2/c1-3-26-18-10-9-15(11-17(18)21)19-16(12-22-24-19)20(25)23-13(2)14-7-5-4-6-8-14/h4-13H,3H2,1-2H3,(H,22,24)(H,23,25). The van der Waals surface area contributed by atoms with E-state index in [0.717, 1.165) is 11.1 Å². The molecule has 2 N–H and O–H groups in total. The second-order valence-electron chi connectivity index (χ2n) is 5.84. The van der Waals surface area contributed by atoms with Gasteiger partial charge in [0.15, 0.2) is 0 Å². The number of halogens is 1. The molecule has 6 heteroatoms. The number of nitrogens with zero attached hydrogens (tertiary/aromatic N) is 1. The first-order valence-corrected chi connectivity index (χ1v) is 8.79. The summed E-state index contributed by atoms with van der Waals surface area (Å²) in [5.74, 6) is 0.413. The molecule has 3 rings (SSSR count). The van der Waals surface area contributed by atoms with Gasteiger partial charge in [-0.25, -0.2) is 0 Å². The van der Waals surface area contributed by atoms with Crippen LogP contribution in [0.3, 0.4) is 0 Å². The first kappa shape index (κ1) is 18.0. The topological polar surface area (TPSA) is 67.0 Å². The van der Waals surface area contributed by atoms with Crippen molar-refractivity contribution in [3.8, 4) is 17.0 Å². The van der Waals surface area contributed by atoms with Gasteiger partial charge in [-0.05, 0) is 37.6 Å². The highest BCUT2D eigenvalue weighted by molar-refractivity contribution is 6.32. The van der Waals surface area contributed by atoms with Crippen LogP contribution in [0.4, 0.5) is 0 Å². The fourth-order valence-electron chi connectivity index (χ4n) is 2.71. The van der Waals surface area contributed by atoms with Crippen LogP contribution >= 0.6 is 11.6 Å². The number of nitrogens with one attached hydrogen (secondary N) is 2. The number of benzene rings is 2. The first-order chi connectivity index (χ1) is 12.6. The number of carbonyl (C=O) groups excluding carboxylic acids is 1. The highest BCUT2D eigenvalue weighted by atomic mass is 35.5. The number of hydrogen-bond acceptors (Lipinski definition) is 3. The molecule has 0 aliphatic rings. The van der Waals surface area contributed by atoms with Crippen LogP contribution in [-0.4, -0.2) is 22.7 Å². The Labute approximate surface area is 157 Å². The zero-order chi connectivity index (χ0) is 18.5. The summed E-state index contributed by atoms with van der Waals surface area (Å²) < 4.78 is 5.45. The molecule has 3 aromatic rings. The Morgan fingerprint density at radius 2 is 2.04 bits per heavy atom. The highest BCUT2D eigenvalue weighted by Crippen LogP contribution is 2.31. The van der Waals surface area contributed by atoms with Gasteiger partial charge in [0.25, 0.3) is 5.91 Å². The maximum absolute atomic E-state index is 12.7. The third kappa shape index (κ3) is 3.89. The van der Waals surface area contributed by atoms with Gasteiger partial charge in [0.1, 0.15) is 5.75 Å². The Hall–Kier alpha value is -2.79. The van der Waals surface area contributed by atoms with Gasteiger partial charge in [0.05, 0.1) is 35.1 Å². The lowest BCUT2D eigenvalue weighted by atomic mass is 10.1. The number of amides is 1. The van der Waals surface area contributed by atoms with Crippen molar-refractivity contribution in [2.45, 2.75) is 19.9 Å². The van der Waals surface area contributed by atoms with E-state index in [1.54, 1.807) is 12.1 Å². The number of aromatic nitrogens is 2. The SMILES string of the molecule is CCOc1ccc(-c2[nH]ncc2C(=O)NC(C)c2ccccc2)cc1Cl. The van der Waals surface area contributed by atoms with Crippen LogP contribution in [0.15, 0.2) is 54.7 Å². The van der Waals surface area contributed by atoms with E-state index >= 15 is 0 Å². The van der Waals surface area contributed by atoms with Crippen molar-refractivity contribution in [3.63, 3.8) is 0 Å². The quantitative estimate of drug-likeness (QED) is 0.666. The molecular formula is C20H20ClN3O2. The Bertz CT molecular complexity index is 893. The van der Waals surface area contributed by atoms with Gasteiger partial charge in [-0.1, -0.05) is 41.9 Å². The molecule has 1 unspecified atom stereocenters. The first-order valence-electron chi connectivity index (χ1n) is 8.42. The molecule has 0 bridgehead atoms. The van der Waals surface area contributed by atoms with Crippen molar-refractivity contribution >= 4 is 17.5 Å². The molecule has 134 valence electrons. The lowest BCUT2D eigenvalue weighted by Gasteiger charge is -2.14. The van der Waals surface area contributed by atoms with Crippen molar-refractivity contribution in [1.29, 1.82) is 0 Å². The lowest BCUT2D eigenvalue weighted by molar-refractivity contribution is 0.0940. The molecule has 0 spiro atoms. The Kier molecular flexibility index (Phi) is 5.58. The maximum atomic E-state index is 12.7. The number of carbonyl (C=O) groups is 1. The minimum atomic E-state index is -0.199. The van der Waals surface area contributed by atoms with E-state index in [1.807, 2.05) is 50.2 Å². The van der Waals surface area contributed by atoms with Crippen LogP contribution in [0.2, 0.25) is 5.02 Å². The third-order valence-corrected chi connectivity index (χ3v) is 4.35. The van der Waals surface area contributed by atoms with Crippen LogP contribution in [0.25, 0.3) is 11.3 Å². The second-order valence-corrected chi connectivity index (χ2v) is 6.25. The van der Waals surface area contributed by atoms with E-state index in [9.17, 15) is 4.79 Å². The van der Waals surface area contributed by atoms with Gasteiger partial charge in [0.2, 0.25) is 0 Å². The van der Waals surface area contributed by atoms with Gasteiger partial charge in [-0.3, -0.25) is 9.89 Å². The Balaban J connectivity index is 1.82. The average Bonchev–Trinajstić information content (AvgIpc) is 3.14. The summed E-state index contributed by atoms with van der Waals surface area (Å²) in [7, 11) is 0. The summed E-state index contributed by atoms with van der Waals surface area (Å²) in [5, 5.41) is 10.4. The fraction of sp³-hybridized carbons (Fsp3) is 0.200. The fourth-order valence-corrected chi connectivity index (χ4v) is 2.94. The van der Waals surface area contributed by atoms with Crippen LogP contribution in [0.5, 0.6) is 5.75 Å². The highest BCUT2D eigenvalue weighted by Gasteiger charge is 2.18. The number of aromatic amines is 1. The molecule has 2 aromatic carbocycles. The zero-order valence-electron chi connectivity index (χ0n) is 14.6. The van der Waals surface area contributed by atoms with Crippen molar-refractivity contribution < 1.29 is 9.53 Å². The number of H-pyrrole nitrogens is 1. The molecule has 0 aliphatic heterocycles. The normalized spacial score (nSPS) is 11.8. The predicted molar refractivity (Wildman–Crippen MR) is 103 cm³/mol. The Morgan fingerprint density at radius 3 is 2.73 bits per heavy atom. The van der Waals surface area contributed by atoms with Gasteiger partial charge in [-0.2, -0.15) is 5.10 Å². The monoisotopic (exact) mass is 369 g/mol. The maximum Gasteiger partial charge on any atom is 0.255 e. The summed E-state index contributed by atoms with van der Waals surface area (Å²) in [4.78, 5) is 12.7. The molecule has 0 radical (unpaired) electrons. The van der Waals surface area contributed by atoms with Crippen LogP contribution in [0.1, 0.15) is 35.8 Å². The smallest absolute Gasteiger partial charge is 0.255 e. The predicted octanol–water partition coefficient (Wildman–Crippen LogP) is 4.62. The number of rotatable bonds is 6. The largest absolute Gasteiger partial charge is 0.492 e. The molecule has 1 aromatic heterocycles. The van der Waals surface area contributed by atoms with E-state index in [2.05, 4.69) is 15.5 Å². The van der Waals surface area contributed by atoms with E-state index in [1.165, 1.54) is 6.20 Å². The molecule has 1 atom stereocenters. The van der Waals surface area contributed by atoms with E-state index in [4.69, 9.17) is 16.3 Å². The molecule has 5 nitrogen and oxygen atoms in total. The summed E-state index contributed by atoms with van der Waals surface area (Å²) in [5.41, 5.74) is 2.89. The van der Waals surface area contributed by atoms with Crippen molar-refractivity contribution in [2.75, 3.05) is 6.61 Å². The molecule has 0 aliphatic carbocycles. The summed E-state index contributed by atoms with van der Waals surface area (Å²) in [6.45, 7) is 4.38. The van der Waals surface area contributed by atoms with Crippen LogP contribution in [0, 0.1) is 0 Å². The summed E-state index contributed by atoms with van der Waals surface area (Å²) >= 11 is 6.26. The van der Waals surface area contributed by atoms with E-state index < -0.39 is 0 Å². The van der Waals surface area contributed by atoms with Gasteiger partial charge < -0.3 is 10.1 Å². The van der Waals surface area contributed by atoms with Gasteiger partial charge >= 0.3 is 0 Å². The van der Waals surface area contributed by atoms with Gasteiger partial charge in [0, 0.05) is 5.56 Å². The minimum absolute atomic E-state index is 0.115. The molecule has 1 heterocycles. The molecule has 1 amide bonds. The van der Waals surface area contributed by atoms with Crippen LogP contribution < -0.4 is 10.1 Å². The molecule has 0 saturated carbocycles. The van der Waals surface area contributed by atoms with E-state index in [0.29, 0.717) is 28.6 Å². The molecular weight excluding hydrogens is 350 g/mol. The van der Waals surface area contributed by atoms with E-state index in [-0.39, 0.29) is 11.9 Å². The van der Waals surface area contributed by atoms with Crippen LogP contribution in [-0.2, 0) is 0 Å². The summed E-state index contributed by atoms with van der Waals surface area (Å²) in [6, 6.07) is 15.1. The molecule has 0 saturated heterocycles. The van der Waals surface area contributed by atoms with Gasteiger partial charge in [-0.15, -0.1) is 0 Å². The average molecular weight is 370 g/mol. The lowest BCUT2D eigenvalue weighted by Crippen LogP contribution is -2.26. The minimum Gasteiger partial charge on any atom is -0.492 e. The second kappa shape index (κ2) is 8.06. The summed E-state index contributed by atoms with van der Waals surface area (Å²) in [6.07, 6.45) is 1.52. The van der Waals surface area contributed by atoms with Crippen molar-refractivity contribution in [2.24, 2.45) is 0 Å². The third-order valence-electron chi connectivity index (χ3n) is 4.05. The number of hydrogen-bond donors (Lipinski definition) is 2.